The van der Waals surface area contributed by atoms with Crippen LogP contribution in [0.2, 0.25) is 0 Å². The monoisotopic (exact) mass is 468 g/mol. The highest BCUT2D eigenvalue weighted by molar-refractivity contribution is 7.16. The van der Waals surface area contributed by atoms with Gasteiger partial charge in [0.1, 0.15) is 5.01 Å². The number of hydrogen-bond acceptors (Lipinski definition) is 8. The van der Waals surface area contributed by atoms with Crippen molar-refractivity contribution >= 4 is 27.6 Å². The van der Waals surface area contributed by atoms with E-state index in [0.717, 1.165) is 41.6 Å². The van der Waals surface area contributed by atoms with Gasteiger partial charge in [0.15, 0.2) is 11.5 Å². The highest BCUT2D eigenvalue weighted by Gasteiger charge is 2.31. The van der Waals surface area contributed by atoms with Gasteiger partial charge in [-0.05, 0) is 47.5 Å². The second kappa shape index (κ2) is 8.65. The molecule has 0 N–H and O–H groups in total. The van der Waals surface area contributed by atoms with E-state index in [0.29, 0.717) is 11.5 Å². The molecule has 1 aliphatic heterocycles. The van der Waals surface area contributed by atoms with Crippen LogP contribution in [0, 0.1) is 0 Å². The molecule has 7 nitrogen and oxygen atoms in total. The van der Waals surface area contributed by atoms with Crippen molar-refractivity contribution in [3.8, 4) is 11.5 Å². The molecule has 1 aliphatic rings. The fourth-order valence-corrected chi connectivity index (χ4v) is 6.01. The Kier molecular flexibility index (Phi) is 5.71. The summed E-state index contributed by atoms with van der Waals surface area (Å²) in [6.07, 6.45) is 1.68. The zero-order chi connectivity index (χ0) is 22.2. The maximum atomic E-state index is 12.7. The fraction of sp³-hybridized carbons (Fsp3) is 0.348. The second-order valence-corrected chi connectivity index (χ2v) is 9.69. The summed E-state index contributed by atoms with van der Waals surface area (Å²) in [5.74, 6) is 1.48. The van der Waals surface area contributed by atoms with Gasteiger partial charge in [-0.2, -0.15) is 9.61 Å². The lowest BCUT2D eigenvalue weighted by Gasteiger charge is -2.37. The molecule has 9 heteroatoms. The van der Waals surface area contributed by atoms with E-state index in [1.54, 1.807) is 31.6 Å². The average molecular weight is 469 g/mol. The lowest BCUT2D eigenvalue weighted by atomic mass is 9.90. The summed E-state index contributed by atoms with van der Waals surface area (Å²) in [6, 6.07) is 10.1. The van der Waals surface area contributed by atoms with Crippen LogP contribution in [0.25, 0.3) is 4.96 Å². The van der Waals surface area contributed by atoms with Crippen LogP contribution in [0.5, 0.6) is 11.5 Å². The van der Waals surface area contributed by atoms with Crippen LogP contribution in [0.15, 0.2) is 40.5 Å². The summed E-state index contributed by atoms with van der Waals surface area (Å²) >= 11 is 3.21. The van der Waals surface area contributed by atoms with E-state index in [1.165, 1.54) is 31.9 Å². The van der Waals surface area contributed by atoms with E-state index in [1.807, 2.05) is 6.92 Å². The van der Waals surface area contributed by atoms with Crippen molar-refractivity contribution < 1.29 is 9.47 Å². The van der Waals surface area contributed by atoms with Gasteiger partial charge in [0.2, 0.25) is 4.96 Å². The maximum Gasteiger partial charge on any atom is 0.275 e. The van der Waals surface area contributed by atoms with Crippen molar-refractivity contribution in [2.24, 2.45) is 0 Å². The standard InChI is InChI=1S/C23H24N4O3S2/c1-4-20-25-27-21(28)11-15(24-23(27)32-20)13-26-8-7-14-10-17(29-2)18(30-3)12-16(14)22(26)19-6-5-9-31-19/h5-6,9-12,22H,4,7-8,13H2,1-3H3/t22-/m0/s1. The quantitative estimate of drug-likeness (QED) is 0.427. The fourth-order valence-electron chi connectivity index (χ4n) is 4.28. The molecule has 0 spiro atoms. The summed E-state index contributed by atoms with van der Waals surface area (Å²) in [4.78, 5) is 21.7. The van der Waals surface area contributed by atoms with Crippen molar-refractivity contribution in [2.45, 2.75) is 32.4 Å². The van der Waals surface area contributed by atoms with Crippen molar-refractivity contribution in [1.29, 1.82) is 0 Å². The first-order valence-corrected chi connectivity index (χ1v) is 12.2. The van der Waals surface area contributed by atoms with Gasteiger partial charge in [-0.1, -0.05) is 24.3 Å². The third-order valence-corrected chi connectivity index (χ3v) is 7.77. The molecular weight excluding hydrogens is 444 g/mol. The lowest BCUT2D eigenvalue weighted by molar-refractivity contribution is 0.203. The van der Waals surface area contributed by atoms with E-state index < -0.39 is 0 Å². The van der Waals surface area contributed by atoms with E-state index in [4.69, 9.17) is 14.5 Å². The Hall–Kier alpha value is -2.75. The third-order valence-electron chi connectivity index (χ3n) is 5.79. The Morgan fingerprint density at radius 2 is 2.00 bits per heavy atom. The van der Waals surface area contributed by atoms with Crippen molar-refractivity contribution in [3.05, 3.63) is 72.8 Å². The number of benzene rings is 1. The molecule has 0 bridgehead atoms. The van der Waals surface area contributed by atoms with Crippen molar-refractivity contribution in [2.75, 3.05) is 20.8 Å². The van der Waals surface area contributed by atoms with Crippen molar-refractivity contribution in [3.63, 3.8) is 0 Å². The molecular formula is C23H24N4O3S2. The summed E-state index contributed by atoms with van der Waals surface area (Å²) in [5, 5.41) is 7.38. The normalized spacial score (nSPS) is 16.3. The minimum Gasteiger partial charge on any atom is -0.493 e. The molecule has 3 aromatic heterocycles. The van der Waals surface area contributed by atoms with Crippen LogP contribution in [0.4, 0.5) is 0 Å². The topological polar surface area (TPSA) is 69.0 Å². The molecule has 0 fully saturated rings. The van der Waals surface area contributed by atoms with Gasteiger partial charge in [0.05, 0.1) is 26.0 Å². The zero-order valence-electron chi connectivity index (χ0n) is 18.2. The van der Waals surface area contributed by atoms with Crippen LogP contribution in [0.1, 0.15) is 39.7 Å². The summed E-state index contributed by atoms with van der Waals surface area (Å²) in [5.41, 5.74) is 3.11. The van der Waals surface area contributed by atoms with Crippen LogP contribution in [0.3, 0.4) is 0 Å². The third kappa shape index (κ3) is 3.70. The van der Waals surface area contributed by atoms with Crippen LogP contribution in [-0.4, -0.2) is 40.3 Å². The summed E-state index contributed by atoms with van der Waals surface area (Å²) in [7, 11) is 3.33. The zero-order valence-corrected chi connectivity index (χ0v) is 19.8. The molecule has 5 rings (SSSR count). The Morgan fingerprint density at radius 1 is 1.19 bits per heavy atom. The first-order valence-electron chi connectivity index (χ1n) is 10.5. The van der Waals surface area contributed by atoms with Crippen LogP contribution >= 0.6 is 22.7 Å². The Morgan fingerprint density at radius 3 is 2.72 bits per heavy atom. The predicted octanol–water partition coefficient (Wildman–Crippen LogP) is 3.94. The maximum absolute atomic E-state index is 12.7. The smallest absolute Gasteiger partial charge is 0.275 e. The summed E-state index contributed by atoms with van der Waals surface area (Å²) < 4.78 is 12.5. The Balaban J connectivity index is 1.56. The molecule has 166 valence electrons. The van der Waals surface area contributed by atoms with Crippen molar-refractivity contribution in [1.82, 2.24) is 19.5 Å². The first kappa shape index (κ1) is 21.1. The average Bonchev–Trinajstić information content (AvgIpc) is 3.48. The van der Waals surface area contributed by atoms with Crippen LogP contribution < -0.4 is 15.0 Å². The largest absolute Gasteiger partial charge is 0.493 e. The number of aryl methyl sites for hydroxylation is 1. The molecule has 0 saturated heterocycles. The lowest BCUT2D eigenvalue weighted by Crippen LogP contribution is -2.36. The Bertz CT molecular complexity index is 1310. The summed E-state index contributed by atoms with van der Waals surface area (Å²) in [6.45, 7) is 3.47. The second-order valence-electron chi connectivity index (χ2n) is 7.67. The first-order chi connectivity index (χ1) is 15.6. The van der Waals surface area contributed by atoms with Crippen LogP contribution in [-0.2, 0) is 19.4 Å². The number of nitrogens with zero attached hydrogens (tertiary/aromatic N) is 4. The molecule has 1 atom stereocenters. The van der Waals surface area contributed by atoms with Gasteiger partial charge < -0.3 is 9.47 Å². The molecule has 0 aliphatic carbocycles. The number of aromatic nitrogens is 3. The van der Waals surface area contributed by atoms with Gasteiger partial charge in [-0.25, -0.2) is 4.98 Å². The molecule has 1 aromatic carbocycles. The highest BCUT2D eigenvalue weighted by Crippen LogP contribution is 2.42. The molecule has 4 aromatic rings. The Labute approximate surface area is 193 Å². The number of methoxy groups -OCH3 is 2. The molecule has 0 saturated carbocycles. The van der Waals surface area contributed by atoms with Gasteiger partial charge in [0, 0.05) is 24.0 Å². The number of ether oxygens (including phenoxy) is 2. The van der Waals surface area contributed by atoms with Gasteiger partial charge in [0.25, 0.3) is 5.56 Å². The van der Waals surface area contributed by atoms with Gasteiger partial charge in [-0.15, -0.1) is 11.3 Å². The minimum atomic E-state index is -0.127. The SMILES string of the molecule is CCc1nn2c(=O)cc(CN3CCc4cc(OC)c(OC)cc4[C@H]3c3cccs3)nc2s1. The highest BCUT2D eigenvalue weighted by atomic mass is 32.1. The molecule has 0 amide bonds. The molecule has 32 heavy (non-hydrogen) atoms. The van der Waals surface area contributed by atoms with E-state index in [9.17, 15) is 4.79 Å². The van der Waals surface area contributed by atoms with E-state index in [2.05, 4.69) is 39.6 Å². The predicted molar refractivity (Wildman–Crippen MR) is 126 cm³/mol. The molecule has 0 radical (unpaired) electrons. The minimum absolute atomic E-state index is 0.0615. The number of rotatable bonds is 6. The van der Waals surface area contributed by atoms with Gasteiger partial charge >= 0.3 is 0 Å². The van der Waals surface area contributed by atoms with E-state index in [-0.39, 0.29) is 11.6 Å². The molecule has 0 unspecified atom stereocenters. The molecule has 4 heterocycles. The number of fused-ring (bicyclic) bond motifs is 2. The number of thiophene rings is 1. The van der Waals surface area contributed by atoms with Gasteiger partial charge in [-0.3, -0.25) is 9.69 Å². The number of hydrogen-bond donors (Lipinski definition) is 0. The van der Waals surface area contributed by atoms with E-state index >= 15 is 0 Å².